The summed E-state index contributed by atoms with van der Waals surface area (Å²) in [6, 6.07) is 1.90. The van der Waals surface area contributed by atoms with Gasteiger partial charge in [0.15, 0.2) is 5.82 Å². The fourth-order valence-electron chi connectivity index (χ4n) is 1.98. The Morgan fingerprint density at radius 2 is 2.20 bits per heavy atom. The number of hydrogen-bond acceptors (Lipinski definition) is 3. The topological polar surface area (TPSA) is 44.1 Å². The summed E-state index contributed by atoms with van der Waals surface area (Å²) in [5.74, 6) is -1.30. The Morgan fingerprint density at radius 1 is 1.45 bits per heavy atom. The van der Waals surface area contributed by atoms with Crippen LogP contribution in [0.4, 0.5) is 8.78 Å². The highest BCUT2D eigenvalue weighted by atomic mass is 35.5. The van der Waals surface area contributed by atoms with Crippen LogP contribution in [0.15, 0.2) is 12.1 Å². The predicted octanol–water partition coefficient (Wildman–Crippen LogP) is 2.66. The van der Waals surface area contributed by atoms with Crippen LogP contribution in [-0.4, -0.2) is 28.0 Å². The third kappa shape index (κ3) is 2.90. The quantitative estimate of drug-likeness (QED) is 0.630. The number of carbonyl (C=O) groups excluding carboxylic acids is 1. The second-order valence-electron chi connectivity index (χ2n) is 4.11. The molecule has 0 amide bonds. The first-order valence-corrected chi connectivity index (χ1v) is 6.66. The van der Waals surface area contributed by atoms with E-state index < -0.39 is 17.6 Å². The number of carbonyl (C=O) groups is 1. The number of nitrogens with zero attached hydrogens (tertiary/aromatic N) is 2. The number of aromatic nitrogens is 2. The molecule has 1 aromatic heterocycles. The average Bonchev–Trinajstić information content (AvgIpc) is 2.69. The number of rotatable bonds is 5. The summed E-state index contributed by atoms with van der Waals surface area (Å²) in [5, 5.41) is 0. The zero-order valence-electron chi connectivity index (χ0n) is 10.8. The Morgan fingerprint density at radius 3 is 2.85 bits per heavy atom. The highest BCUT2D eigenvalue weighted by Crippen LogP contribution is 2.21. The predicted molar refractivity (Wildman–Crippen MR) is 70.7 cm³/mol. The van der Waals surface area contributed by atoms with Crippen LogP contribution >= 0.6 is 11.6 Å². The van der Waals surface area contributed by atoms with Crippen molar-refractivity contribution in [3.8, 4) is 0 Å². The number of benzene rings is 1. The molecule has 0 N–H and O–H groups in total. The molecule has 2 rings (SSSR count). The van der Waals surface area contributed by atoms with Crippen LogP contribution < -0.4 is 0 Å². The van der Waals surface area contributed by atoms with Gasteiger partial charge >= 0.3 is 5.97 Å². The SMILES string of the molecule is CCOC(=O)Cn1c(CCCl)nc2c(F)cc(F)cc21. The number of alkyl halides is 1. The van der Waals surface area contributed by atoms with Gasteiger partial charge < -0.3 is 9.30 Å². The van der Waals surface area contributed by atoms with E-state index in [9.17, 15) is 13.6 Å². The molecule has 0 fully saturated rings. The molecule has 2 aromatic rings. The van der Waals surface area contributed by atoms with E-state index in [0.29, 0.717) is 12.2 Å². The lowest BCUT2D eigenvalue weighted by Gasteiger charge is -2.07. The summed E-state index contributed by atoms with van der Waals surface area (Å²) in [5.41, 5.74) is 0.242. The Kier molecular flexibility index (Phi) is 4.54. The zero-order chi connectivity index (χ0) is 14.7. The molecule has 0 radical (unpaired) electrons. The number of esters is 1. The van der Waals surface area contributed by atoms with Crippen molar-refractivity contribution < 1.29 is 18.3 Å². The van der Waals surface area contributed by atoms with E-state index in [2.05, 4.69) is 4.98 Å². The van der Waals surface area contributed by atoms with Crippen LogP contribution in [0.2, 0.25) is 0 Å². The molecule has 1 aromatic carbocycles. The first kappa shape index (κ1) is 14.7. The zero-order valence-corrected chi connectivity index (χ0v) is 11.6. The minimum atomic E-state index is -0.765. The fourth-order valence-corrected chi connectivity index (χ4v) is 2.15. The molecular formula is C13H13ClF2N2O2. The number of fused-ring (bicyclic) bond motifs is 1. The molecule has 1 heterocycles. The molecule has 0 bridgehead atoms. The molecule has 0 aliphatic carbocycles. The van der Waals surface area contributed by atoms with Gasteiger partial charge in [-0.25, -0.2) is 13.8 Å². The first-order valence-electron chi connectivity index (χ1n) is 6.12. The molecule has 0 atom stereocenters. The van der Waals surface area contributed by atoms with Crippen molar-refractivity contribution in [3.05, 3.63) is 29.6 Å². The summed E-state index contributed by atoms with van der Waals surface area (Å²) in [7, 11) is 0. The van der Waals surface area contributed by atoms with Gasteiger partial charge in [-0.15, -0.1) is 11.6 Å². The van der Waals surface area contributed by atoms with Gasteiger partial charge in [-0.1, -0.05) is 0 Å². The van der Waals surface area contributed by atoms with Gasteiger partial charge in [0.05, 0.1) is 12.1 Å². The van der Waals surface area contributed by atoms with Gasteiger partial charge in [-0.3, -0.25) is 4.79 Å². The Hall–Kier alpha value is -1.69. The standard InChI is InChI=1S/C13H13ClF2N2O2/c1-2-20-12(19)7-18-10-6-8(15)5-9(16)13(10)17-11(18)3-4-14/h5-6H,2-4,7H2,1H3. The van der Waals surface area contributed by atoms with Gasteiger partial charge in [0, 0.05) is 18.4 Å². The number of imidazole rings is 1. The van der Waals surface area contributed by atoms with Crippen molar-refractivity contribution in [2.45, 2.75) is 19.9 Å². The molecular weight excluding hydrogens is 290 g/mol. The van der Waals surface area contributed by atoms with Crippen LogP contribution in [0.5, 0.6) is 0 Å². The molecule has 0 aliphatic heterocycles. The largest absolute Gasteiger partial charge is 0.465 e. The summed E-state index contributed by atoms with van der Waals surface area (Å²) >= 11 is 5.67. The van der Waals surface area contributed by atoms with Crippen molar-refractivity contribution in [3.63, 3.8) is 0 Å². The van der Waals surface area contributed by atoms with Crippen LogP contribution in [0, 0.1) is 11.6 Å². The van der Waals surface area contributed by atoms with Crippen molar-refractivity contribution in [2.75, 3.05) is 12.5 Å². The molecule has 0 saturated heterocycles. The third-order valence-corrected chi connectivity index (χ3v) is 2.95. The van der Waals surface area contributed by atoms with Crippen LogP contribution in [0.1, 0.15) is 12.7 Å². The Balaban J connectivity index is 2.52. The second-order valence-corrected chi connectivity index (χ2v) is 4.49. The van der Waals surface area contributed by atoms with Crippen LogP contribution in [0.25, 0.3) is 11.0 Å². The lowest BCUT2D eigenvalue weighted by atomic mass is 10.3. The lowest BCUT2D eigenvalue weighted by Crippen LogP contribution is -2.16. The molecule has 0 saturated carbocycles. The van der Waals surface area contributed by atoms with Crippen molar-refractivity contribution in [1.29, 1.82) is 0 Å². The molecule has 20 heavy (non-hydrogen) atoms. The van der Waals surface area contributed by atoms with E-state index in [4.69, 9.17) is 16.3 Å². The summed E-state index contributed by atoms with van der Waals surface area (Å²) in [6.45, 7) is 1.77. The van der Waals surface area contributed by atoms with E-state index in [1.165, 1.54) is 4.57 Å². The molecule has 7 heteroatoms. The highest BCUT2D eigenvalue weighted by molar-refractivity contribution is 6.17. The smallest absolute Gasteiger partial charge is 0.326 e. The average molecular weight is 303 g/mol. The molecule has 108 valence electrons. The minimum Gasteiger partial charge on any atom is -0.465 e. The number of halogens is 3. The Labute approximate surface area is 119 Å². The minimum absolute atomic E-state index is 0.0239. The number of aryl methyl sites for hydroxylation is 1. The lowest BCUT2D eigenvalue weighted by molar-refractivity contribution is -0.143. The fraction of sp³-hybridized carbons (Fsp3) is 0.385. The molecule has 0 spiro atoms. The number of hydrogen-bond donors (Lipinski definition) is 0. The maximum atomic E-state index is 13.7. The molecule has 0 unspecified atom stereocenters. The van der Waals surface area contributed by atoms with Gasteiger partial charge in [-0.2, -0.15) is 0 Å². The van der Waals surface area contributed by atoms with Crippen LogP contribution in [0.3, 0.4) is 0 Å². The molecule has 0 aliphatic rings. The maximum Gasteiger partial charge on any atom is 0.326 e. The van der Waals surface area contributed by atoms with Gasteiger partial charge in [0.1, 0.15) is 23.7 Å². The van der Waals surface area contributed by atoms with E-state index in [0.717, 1.165) is 12.1 Å². The van der Waals surface area contributed by atoms with E-state index in [-0.39, 0.29) is 30.1 Å². The third-order valence-electron chi connectivity index (χ3n) is 2.76. The van der Waals surface area contributed by atoms with E-state index >= 15 is 0 Å². The van der Waals surface area contributed by atoms with Gasteiger partial charge in [0.2, 0.25) is 0 Å². The van der Waals surface area contributed by atoms with Crippen molar-refractivity contribution >= 4 is 28.6 Å². The summed E-state index contributed by atoms with van der Waals surface area (Å²) in [6.07, 6.45) is 0.344. The normalized spacial score (nSPS) is 11.0. The van der Waals surface area contributed by atoms with Gasteiger partial charge in [0.25, 0.3) is 0 Å². The van der Waals surface area contributed by atoms with Gasteiger partial charge in [-0.05, 0) is 13.0 Å². The van der Waals surface area contributed by atoms with E-state index in [1.807, 2.05) is 0 Å². The van der Waals surface area contributed by atoms with Crippen LogP contribution in [-0.2, 0) is 22.5 Å². The van der Waals surface area contributed by atoms with E-state index in [1.54, 1.807) is 6.92 Å². The Bertz CT molecular complexity index is 643. The summed E-state index contributed by atoms with van der Waals surface area (Å²) < 4.78 is 33.3. The first-order chi connectivity index (χ1) is 9.56. The second kappa shape index (κ2) is 6.17. The number of ether oxygens (including phenoxy) is 1. The monoisotopic (exact) mass is 302 g/mol. The molecule has 4 nitrogen and oxygen atoms in total. The van der Waals surface area contributed by atoms with Crippen molar-refractivity contribution in [2.24, 2.45) is 0 Å². The summed E-state index contributed by atoms with van der Waals surface area (Å²) in [4.78, 5) is 15.7. The maximum absolute atomic E-state index is 13.7. The highest BCUT2D eigenvalue weighted by Gasteiger charge is 2.17. The van der Waals surface area contributed by atoms with Crippen molar-refractivity contribution in [1.82, 2.24) is 9.55 Å².